The third kappa shape index (κ3) is 4.24. The fourth-order valence-corrected chi connectivity index (χ4v) is 2.95. The van der Waals surface area contributed by atoms with Crippen molar-refractivity contribution in [1.82, 2.24) is 15.3 Å². The minimum absolute atomic E-state index is 0.00885. The Morgan fingerprint density at radius 3 is 2.77 bits per heavy atom. The van der Waals surface area contributed by atoms with E-state index >= 15 is 0 Å². The average Bonchev–Trinajstić information content (AvgIpc) is 2.65. The van der Waals surface area contributed by atoms with E-state index in [-0.39, 0.29) is 18.4 Å². The van der Waals surface area contributed by atoms with Gasteiger partial charge in [0.15, 0.2) is 0 Å². The highest BCUT2D eigenvalue weighted by atomic mass is 16.3. The zero-order chi connectivity index (χ0) is 18.5. The molecule has 3 aromatic rings. The number of aliphatic hydroxyl groups is 1. The van der Waals surface area contributed by atoms with Crippen molar-refractivity contribution in [1.29, 1.82) is 0 Å². The number of aromatic nitrogens is 2. The quantitative estimate of drug-likeness (QED) is 0.717. The second-order valence-electron chi connectivity index (χ2n) is 6.60. The summed E-state index contributed by atoms with van der Waals surface area (Å²) in [5.74, 6) is -0.248. The molecule has 0 aliphatic carbocycles. The van der Waals surface area contributed by atoms with Gasteiger partial charge in [0, 0.05) is 36.3 Å². The van der Waals surface area contributed by atoms with Gasteiger partial charge in [0.25, 0.3) is 5.91 Å². The highest BCUT2D eigenvalue weighted by Crippen LogP contribution is 2.18. The molecular weight excluding hydrogens is 326 g/mol. The van der Waals surface area contributed by atoms with Crippen LogP contribution in [0.25, 0.3) is 10.9 Å². The van der Waals surface area contributed by atoms with Crippen molar-refractivity contribution in [3.05, 3.63) is 71.2 Å². The highest BCUT2D eigenvalue weighted by molar-refractivity contribution is 5.98. The lowest BCUT2D eigenvalue weighted by molar-refractivity contribution is 0.0939. The molecule has 2 aromatic heterocycles. The number of aliphatic hydroxyl groups excluding tert-OH is 1. The van der Waals surface area contributed by atoms with Crippen molar-refractivity contribution in [3.63, 3.8) is 0 Å². The predicted octanol–water partition coefficient (Wildman–Crippen LogP) is 2.83. The first-order chi connectivity index (χ1) is 12.6. The van der Waals surface area contributed by atoms with E-state index in [1.807, 2.05) is 56.3 Å². The second kappa shape index (κ2) is 8.06. The summed E-state index contributed by atoms with van der Waals surface area (Å²) < 4.78 is 0. The zero-order valence-corrected chi connectivity index (χ0v) is 15.1. The number of nitrogens with zero attached hydrogens (tertiary/aromatic N) is 2. The maximum atomic E-state index is 12.6. The summed E-state index contributed by atoms with van der Waals surface area (Å²) in [5.41, 5.74) is 4.20. The summed E-state index contributed by atoms with van der Waals surface area (Å²) in [6.45, 7) is 4.24. The molecule has 0 aliphatic rings. The minimum atomic E-state index is -0.169. The topological polar surface area (TPSA) is 75.1 Å². The van der Waals surface area contributed by atoms with Gasteiger partial charge in [-0.15, -0.1) is 0 Å². The van der Waals surface area contributed by atoms with E-state index in [0.29, 0.717) is 24.2 Å². The number of nitrogens with one attached hydrogen (secondary N) is 1. The third-order valence-electron chi connectivity index (χ3n) is 4.44. The number of hydrogen-bond acceptors (Lipinski definition) is 4. The Morgan fingerprint density at radius 1 is 1.19 bits per heavy atom. The van der Waals surface area contributed by atoms with Gasteiger partial charge in [0.2, 0.25) is 0 Å². The Balaban J connectivity index is 1.70. The Morgan fingerprint density at radius 2 is 2.04 bits per heavy atom. The van der Waals surface area contributed by atoms with Gasteiger partial charge in [0.05, 0.1) is 16.8 Å². The van der Waals surface area contributed by atoms with E-state index < -0.39 is 0 Å². The maximum absolute atomic E-state index is 12.6. The van der Waals surface area contributed by atoms with Crippen LogP contribution < -0.4 is 5.32 Å². The molecule has 1 unspecified atom stereocenters. The van der Waals surface area contributed by atoms with Crippen LogP contribution in [0.2, 0.25) is 0 Å². The molecule has 0 saturated carbocycles. The van der Waals surface area contributed by atoms with Crippen molar-refractivity contribution >= 4 is 16.8 Å². The lowest BCUT2D eigenvalue weighted by atomic mass is 10.0. The van der Waals surface area contributed by atoms with Crippen LogP contribution in [-0.2, 0) is 6.42 Å². The second-order valence-corrected chi connectivity index (χ2v) is 6.60. The van der Waals surface area contributed by atoms with Gasteiger partial charge in [-0.1, -0.05) is 18.2 Å². The predicted molar refractivity (Wildman–Crippen MR) is 102 cm³/mol. The van der Waals surface area contributed by atoms with Crippen LogP contribution in [0.5, 0.6) is 0 Å². The molecule has 2 heterocycles. The summed E-state index contributed by atoms with van der Waals surface area (Å²) in [6.07, 6.45) is 2.35. The van der Waals surface area contributed by atoms with Gasteiger partial charge in [0.1, 0.15) is 0 Å². The molecule has 0 radical (unpaired) electrons. The fourth-order valence-electron chi connectivity index (χ4n) is 2.95. The van der Waals surface area contributed by atoms with Crippen molar-refractivity contribution in [2.24, 2.45) is 5.92 Å². The van der Waals surface area contributed by atoms with E-state index in [2.05, 4.69) is 15.3 Å². The van der Waals surface area contributed by atoms with Crippen molar-refractivity contribution in [2.45, 2.75) is 20.3 Å². The van der Waals surface area contributed by atoms with Gasteiger partial charge < -0.3 is 10.4 Å². The molecular formula is C21H23N3O2. The molecule has 1 aromatic carbocycles. The standard InChI is InChI=1S/C21H23N3O2/c1-14-6-7-17-11-19(15(2)24-20(17)9-14)21(26)23-12-16(13-25)10-18-5-3-4-8-22-18/h3-9,11,16,25H,10,12-13H2,1-2H3,(H,23,26). The van der Waals surface area contributed by atoms with Crippen LogP contribution >= 0.6 is 0 Å². The van der Waals surface area contributed by atoms with Gasteiger partial charge in [-0.25, -0.2) is 0 Å². The first-order valence-electron chi connectivity index (χ1n) is 8.74. The van der Waals surface area contributed by atoms with Crippen molar-refractivity contribution < 1.29 is 9.90 Å². The number of amides is 1. The third-order valence-corrected chi connectivity index (χ3v) is 4.44. The Bertz CT molecular complexity index is 910. The van der Waals surface area contributed by atoms with Crippen LogP contribution in [0.15, 0.2) is 48.7 Å². The normalized spacial score (nSPS) is 12.1. The lowest BCUT2D eigenvalue weighted by Gasteiger charge is -2.15. The molecule has 134 valence electrons. The molecule has 0 spiro atoms. The fraction of sp³-hybridized carbons (Fsp3) is 0.286. The number of rotatable bonds is 6. The Hall–Kier alpha value is -2.79. The molecule has 0 fully saturated rings. The Labute approximate surface area is 153 Å². The number of aryl methyl sites for hydroxylation is 2. The molecule has 3 rings (SSSR count). The van der Waals surface area contributed by atoms with Crippen LogP contribution in [-0.4, -0.2) is 34.1 Å². The van der Waals surface area contributed by atoms with Gasteiger partial charge in [-0.2, -0.15) is 0 Å². The molecule has 26 heavy (non-hydrogen) atoms. The Kier molecular flexibility index (Phi) is 5.58. The molecule has 0 aliphatic heterocycles. The summed E-state index contributed by atoms with van der Waals surface area (Å²) in [5, 5.41) is 13.5. The molecule has 0 saturated heterocycles. The van der Waals surface area contributed by atoms with E-state index in [9.17, 15) is 9.90 Å². The van der Waals surface area contributed by atoms with Gasteiger partial charge >= 0.3 is 0 Å². The van der Waals surface area contributed by atoms with Crippen LogP contribution in [0.4, 0.5) is 0 Å². The van der Waals surface area contributed by atoms with Crippen molar-refractivity contribution in [3.8, 4) is 0 Å². The van der Waals surface area contributed by atoms with Crippen LogP contribution in [0.3, 0.4) is 0 Å². The number of carbonyl (C=O) groups excluding carboxylic acids is 1. The maximum Gasteiger partial charge on any atom is 0.253 e. The summed E-state index contributed by atoms with van der Waals surface area (Å²) in [6, 6.07) is 13.6. The molecule has 1 atom stereocenters. The largest absolute Gasteiger partial charge is 0.396 e. The summed E-state index contributed by atoms with van der Waals surface area (Å²) in [4.78, 5) is 21.4. The van der Waals surface area contributed by atoms with Crippen LogP contribution in [0.1, 0.15) is 27.3 Å². The number of fused-ring (bicyclic) bond motifs is 1. The molecule has 1 amide bonds. The zero-order valence-electron chi connectivity index (χ0n) is 15.1. The first-order valence-corrected chi connectivity index (χ1v) is 8.74. The number of carbonyl (C=O) groups is 1. The van der Waals surface area contributed by atoms with E-state index in [4.69, 9.17) is 0 Å². The number of hydrogen-bond donors (Lipinski definition) is 2. The SMILES string of the molecule is Cc1ccc2cc(C(=O)NCC(CO)Cc3ccccn3)c(C)nc2c1. The average molecular weight is 349 g/mol. The van der Waals surface area contributed by atoms with E-state index in [1.165, 1.54) is 0 Å². The molecule has 0 bridgehead atoms. The number of pyridine rings is 2. The lowest BCUT2D eigenvalue weighted by Crippen LogP contribution is -2.32. The highest BCUT2D eigenvalue weighted by Gasteiger charge is 2.15. The van der Waals surface area contributed by atoms with E-state index in [0.717, 1.165) is 22.2 Å². The molecule has 5 nitrogen and oxygen atoms in total. The van der Waals surface area contributed by atoms with Gasteiger partial charge in [-0.05, 0) is 50.1 Å². The monoisotopic (exact) mass is 349 g/mol. The summed E-state index contributed by atoms with van der Waals surface area (Å²) >= 11 is 0. The molecule has 5 heteroatoms. The minimum Gasteiger partial charge on any atom is -0.396 e. The smallest absolute Gasteiger partial charge is 0.253 e. The van der Waals surface area contributed by atoms with Crippen LogP contribution in [0, 0.1) is 19.8 Å². The number of benzene rings is 1. The van der Waals surface area contributed by atoms with E-state index in [1.54, 1.807) is 6.20 Å². The first kappa shape index (κ1) is 18.0. The summed E-state index contributed by atoms with van der Waals surface area (Å²) in [7, 11) is 0. The van der Waals surface area contributed by atoms with Gasteiger partial charge in [-0.3, -0.25) is 14.8 Å². The molecule has 2 N–H and O–H groups in total. The van der Waals surface area contributed by atoms with Crippen molar-refractivity contribution in [2.75, 3.05) is 13.2 Å².